The van der Waals surface area contributed by atoms with Gasteiger partial charge >= 0.3 is 0 Å². The van der Waals surface area contributed by atoms with Crippen molar-refractivity contribution in [2.45, 2.75) is 72.1 Å². The number of carbonyl (C=O) groups is 1. The summed E-state index contributed by atoms with van der Waals surface area (Å²) in [5.74, 6) is 1.49. The lowest BCUT2D eigenvalue weighted by molar-refractivity contribution is -0.129. The number of rotatable bonds is 5. The van der Waals surface area contributed by atoms with Gasteiger partial charge in [-0.1, -0.05) is 25.1 Å². The molecule has 1 heterocycles. The molecule has 0 aliphatic carbocycles. The van der Waals surface area contributed by atoms with E-state index in [1.807, 2.05) is 45.0 Å². The van der Waals surface area contributed by atoms with Crippen LogP contribution in [0.3, 0.4) is 0 Å². The second-order valence-corrected chi connectivity index (χ2v) is 8.43. The lowest BCUT2D eigenvalue weighted by Gasteiger charge is -2.38. The third-order valence-corrected chi connectivity index (χ3v) is 5.36. The molecule has 0 aromatic heterocycles. The molecule has 28 heavy (non-hydrogen) atoms. The third-order valence-electron chi connectivity index (χ3n) is 5.36. The molecule has 0 saturated heterocycles. The van der Waals surface area contributed by atoms with E-state index in [0.29, 0.717) is 6.42 Å². The largest absolute Gasteiger partial charge is 0.487 e. The van der Waals surface area contributed by atoms with Gasteiger partial charge in [0.25, 0.3) is 5.91 Å². The fourth-order valence-corrected chi connectivity index (χ4v) is 3.63. The molecule has 2 aromatic rings. The second kappa shape index (κ2) is 7.86. The number of hydrogen-bond acceptors (Lipinski definition) is 3. The molecule has 3 rings (SSSR count). The second-order valence-electron chi connectivity index (χ2n) is 8.43. The number of aryl methyl sites for hydroxylation is 3. The fourth-order valence-electron chi connectivity index (χ4n) is 3.63. The summed E-state index contributed by atoms with van der Waals surface area (Å²) in [6.45, 7) is 12.2. The minimum Gasteiger partial charge on any atom is -0.487 e. The van der Waals surface area contributed by atoms with Crippen LogP contribution in [0, 0.1) is 20.8 Å². The van der Waals surface area contributed by atoms with Crippen LogP contribution in [0.25, 0.3) is 0 Å². The average molecular weight is 382 g/mol. The molecule has 1 aliphatic heterocycles. The van der Waals surface area contributed by atoms with Gasteiger partial charge in [-0.3, -0.25) is 4.79 Å². The maximum absolute atomic E-state index is 13.0. The predicted octanol–water partition coefficient (Wildman–Crippen LogP) is 5.19. The van der Waals surface area contributed by atoms with Crippen molar-refractivity contribution in [2.75, 3.05) is 0 Å². The fraction of sp³-hybridized carbons (Fsp3) is 0.458. The van der Waals surface area contributed by atoms with Crippen LogP contribution in [0.4, 0.5) is 0 Å². The molecule has 0 saturated carbocycles. The van der Waals surface area contributed by atoms with E-state index in [0.717, 1.165) is 34.6 Å². The number of amides is 1. The molecule has 1 amide bonds. The first-order valence-corrected chi connectivity index (χ1v) is 10.0. The predicted molar refractivity (Wildman–Crippen MR) is 112 cm³/mol. The highest BCUT2D eigenvalue weighted by molar-refractivity contribution is 5.81. The zero-order valence-electron chi connectivity index (χ0n) is 17.8. The molecule has 0 fully saturated rings. The molecule has 4 heteroatoms. The van der Waals surface area contributed by atoms with Crippen LogP contribution in [-0.4, -0.2) is 17.6 Å². The lowest BCUT2D eigenvalue weighted by atomic mass is 9.89. The molecule has 0 bridgehead atoms. The van der Waals surface area contributed by atoms with Crippen molar-refractivity contribution in [2.24, 2.45) is 0 Å². The Hall–Kier alpha value is -2.49. The van der Waals surface area contributed by atoms with Crippen LogP contribution in [0.2, 0.25) is 0 Å². The van der Waals surface area contributed by atoms with E-state index in [1.165, 1.54) is 5.56 Å². The zero-order valence-corrected chi connectivity index (χ0v) is 17.8. The van der Waals surface area contributed by atoms with E-state index in [1.54, 1.807) is 0 Å². The van der Waals surface area contributed by atoms with Gasteiger partial charge in [-0.25, -0.2) is 0 Å². The van der Waals surface area contributed by atoms with Crippen molar-refractivity contribution < 1.29 is 14.3 Å². The molecule has 0 unspecified atom stereocenters. The number of fused-ring (bicyclic) bond motifs is 1. The van der Waals surface area contributed by atoms with Crippen molar-refractivity contribution in [1.82, 2.24) is 5.32 Å². The van der Waals surface area contributed by atoms with Crippen molar-refractivity contribution in [3.63, 3.8) is 0 Å². The Labute approximate surface area is 168 Å². The number of ether oxygens (including phenoxy) is 2. The smallest absolute Gasteiger partial charge is 0.261 e. The highest BCUT2D eigenvalue weighted by Gasteiger charge is 2.35. The Morgan fingerprint density at radius 1 is 1.18 bits per heavy atom. The van der Waals surface area contributed by atoms with E-state index >= 15 is 0 Å². The zero-order chi connectivity index (χ0) is 20.5. The molecular formula is C24H31NO3. The standard InChI is InChI=1S/C24H31NO3/c1-7-21(27-18-10-9-16(3)17(4)13-18)23(26)25-20-14-24(5,6)28-22-12-15(2)8-11-19(20)22/h8-13,20-21H,7,14H2,1-6H3,(H,25,26)/t20-,21-/m1/s1. The highest BCUT2D eigenvalue weighted by Crippen LogP contribution is 2.40. The SMILES string of the molecule is CC[C@@H](Oc1ccc(C)c(C)c1)C(=O)N[C@@H]1CC(C)(C)Oc2cc(C)ccc21. The Bertz CT molecular complexity index is 872. The topological polar surface area (TPSA) is 47.6 Å². The summed E-state index contributed by atoms with van der Waals surface area (Å²) in [6, 6.07) is 12.0. The molecule has 0 spiro atoms. The average Bonchev–Trinajstić information content (AvgIpc) is 2.61. The highest BCUT2D eigenvalue weighted by atomic mass is 16.5. The quantitative estimate of drug-likeness (QED) is 0.775. The summed E-state index contributed by atoms with van der Waals surface area (Å²) >= 11 is 0. The van der Waals surface area contributed by atoms with Gasteiger partial charge in [-0.05, 0) is 75.9 Å². The molecule has 2 atom stereocenters. The number of carbonyl (C=O) groups excluding carboxylic acids is 1. The summed E-state index contributed by atoms with van der Waals surface area (Å²) < 4.78 is 12.2. The Morgan fingerprint density at radius 2 is 1.93 bits per heavy atom. The van der Waals surface area contributed by atoms with E-state index < -0.39 is 6.10 Å². The monoisotopic (exact) mass is 381 g/mol. The molecule has 1 N–H and O–H groups in total. The maximum atomic E-state index is 13.0. The van der Waals surface area contributed by atoms with Crippen LogP contribution >= 0.6 is 0 Å². The van der Waals surface area contributed by atoms with E-state index in [4.69, 9.17) is 9.47 Å². The molecule has 0 radical (unpaired) electrons. The van der Waals surface area contributed by atoms with Crippen LogP contribution in [0.5, 0.6) is 11.5 Å². The third kappa shape index (κ3) is 4.49. The van der Waals surface area contributed by atoms with Crippen LogP contribution in [-0.2, 0) is 4.79 Å². The van der Waals surface area contributed by atoms with Crippen molar-refractivity contribution in [1.29, 1.82) is 0 Å². The number of benzene rings is 2. The number of hydrogen-bond donors (Lipinski definition) is 1. The van der Waals surface area contributed by atoms with Gasteiger partial charge in [0.1, 0.15) is 17.1 Å². The van der Waals surface area contributed by atoms with E-state index in [-0.39, 0.29) is 17.6 Å². The van der Waals surface area contributed by atoms with Gasteiger partial charge in [-0.2, -0.15) is 0 Å². The van der Waals surface area contributed by atoms with Crippen molar-refractivity contribution >= 4 is 5.91 Å². The van der Waals surface area contributed by atoms with Gasteiger partial charge in [0.2, 0.25) is 0 Å². The summed E-state index contributed by atoms with van der Waals surface area (Å²) in [5, 5.41) is 3.20. The summed E-state index contributed by atoms with van der Waals surface area (Å²) in [4.78, 5) is 13.0. The molecule has 2 aromatic carbocycles. The van der Waals surface area contributed by atoms with Crippen LogP contribution in [0.15, 0.2) is 36.4 Å². The summed E-state index contributed by atoms with van der Waals surface area (Å²) in [6.07, 6.45) is 0.794. The van der Waals surface area contributed by atoms with Gasteiger partial charge in [0.05, 0.1) is 6.04 Å². The first-order chi connectivity index (χ1) is 13.2. The molecule has 1 aliphatic rings. The van der Waals surface area contributed by atoms with Gasteiger partial charge in [0.15, 0.2) is 6.10 Å². The van der Waals surface area contributed by atoms with Gasteiger partial charge in [-0.15, -0.1) is 0 Å². The van der Waals surface area contributed by atoms with Crippen LogP contribution in [0.1, 0.15) is 61.9 Å². The minimum atomic E-state index is -0.526. The van der Waals surface area contributed by atoms with Gasteiger partial charge < -0.3 is 14.8 Å². The summed E-state index contributed by atoms with van der Waals surface area (Å²) in [5.41, 5.74) is 4.20. The normalized spacial score (nSPS) is 18.6. The minimum absolute atomic E-state index is 0.0880. The Morgan fingerprint density at radius 3 is 2.61 bits per heavy atom. The molecule has 4 nitrogen and oxygen atoms in total. The van der Waals surface area contributed by atoms with Crippen molar-refractivity contribution in [3.8, 4) is 11.5 Å². The van der Waals surface area contributed by atoms with Gasteiger partial charge in [0, 0.05) is 12.0 Å². The van der Waals surface area contributed by atoms with Crippen molar-refractivity contribution in [3.05, 3.63) is 58.7 Å². The van der Waals surface area contributed by atoms with E-state index in [9.17, 15) is 4.79 Å². The maximum Gasteiger partial charge on any atom is 0.261 e. The van der Waals surface area contributed by atoms with Crippen LogP contribution < -0.4 is 14.8 Å². The Kier molecular flexibility index (Phi) is 5.69. The molecule has 150 valence electrons. The number of nitrogens with one attached hydrogen (secondary N) is 1. The first kappa shape index (κ1) is 20.2. The summed E-state index contributed by atoms with van der Waals surface area (Å²) in [7, 11) is 0. The van der Waals surface area contributed by atoms with E-state index in [2.05, 4.69) is 38.2 Å². The lowest BCUT2D eigenvalue weighted by Crippen LogP contribution is -2.45. The first-order valence-electron chi connectivity index (χ1n) is 10.0. The molecular weight excluding hydrogens is 350 g/mol. The Balaban J connectivity index is 1.77.